The normalized spacial score (nSPS) is 30.9. The van der Waals surface area contributed by atoms with Gasteiger partial charge in [-0.2, -0.15) is 0 Å². The molecule has 4 fully saturated rings. The molecular formula is C30H44N4O2. The van der Waals surface area contributed by atoms with Gasteiger partial charge in [-0.15, -0.1) is 0 Å². The van der Waals surface area contributed by atoms with Crippen molar-refractivity contribution in [3.8, 4) is 0 Å². The van der Waals surface area contributed by atoms with E-state index in [1.165, 1.54) is 88.6 Å². The molecule has 1 N–H and O–H groups in total. The number of hydrogen-bond donors (Lipinski definition) is 1. The molecule has 6 nitrogen and oxygen atoms in total. The highest BCUT2D eigenvalue weighted by Crippen LogP contribution is 2.41. The summed E-state index contributed by atoms with van der Waals surface area (Å²) >= 11 is 0. The van der Waals surface area contributed by atoms with E-state index >= 15 is 0 Å². The Morgan fingerprint density at radius 3 is 2.33 bits per heavy atom. The zero-order valence-electron chi connectivity index (χ0n) is 21.9. The Kier molecular flexibility index (Phi) is 7.34. The van der Waals surface area contributed by atoms with Gasteiger partial charge in [0, 0.05) is 37.6 Å². The minimum absolute atomic E-state index is 0.145. The van der Waals surface area contributed by atoms with E-state index in [1.54, 1.807) is 0 Å². The number of benzene rings is 1. The Bertz CT molecular complexity index is 1030. The highest BCUT2D eigenvalue weighted by atomic mass is 16.4. The molecule has 0 amide bonds. The Morgan fingerprint density at radius 2 is 1.58 bits per heavy atom. The van der Waals surface area contributed by atoms with Crippen LogP contribution in [0.4, 0.5) is 0 Å². The molecule has 1 aromatic carbocycles. The second-order valence-electron chi connectivity index (χ2n) is 12.2. The topological polar surface area (TPSA) is 61.6 Å². The number of imidazole rings is 1. The molecule has 196 valence electrons. The monoisotopic (exact) mass is 492 g/mol. The lowest BCUT2D eigenvalue weighted by Crippen LogP contribution is -2.46. The van der Waals surface area contributed by atoms with Gasteiger partial charge in [-0.3, -0.25) is 9.69 Å². The zero-order valence-corrected chi connectivity index (χ0v) is 21.9. The highest BCUT2D eigenvalue weighted by Gasteiger charge is 2.36. The molecule has 2 aromatic rings. The third kappa shape index (κ3) is 5.22. The Hall–Kier alpha value is -1.92. The lowest BCUT2D eigenvalue weighted by Gasteiger charge is -2.43. The van der Waals surface area contributed by atoms with Gasteiger partial charge in [0.05, 0.1) is 17.6 Å². The third-order valence-corrected chi connectivity index (χ3v) is 9.91. The van der Waals surface area contributed by atoms with Crippen LogP contribution in [0.5, 0.6) is 0 Å². The maximum Gasteiger partial charge on any atom is 0.317 e. The number of rotatable bonds is 6. The van der Waals surface area contributed by atoms with E-state index in [2.05, 4.69) is 38.6 Å². The maximum atomic E-state index is 11.5. The van der Waals surface area contributed by atoms with Crippen LogP contribution in [0.15, 0.2) is 24.3 Å². The Balaban J connectivity index is 1.18. The van der Waals surface area contributed by atoms with E-state index in [4.69, 9.17) is 4.98 Å². The second kappa shape index (κ2) is 10.8. The van der Waals surface area contributed by atoms with Gasteiger partial charge in [0.1, 0.15) is 5.82 Å². The summed E-state index contributed by atoms with van der Waals surface area (Å²) < 4.78 is 2.56. The molecule has 1 aromatic heterocycles. The van der Waals surface area contributed by atoms with Gasteiger partial charge < -0.3 is 14.6 Å². The van der Waals surface area contributed by atoms with Crippen molar-refractivity contribution in [2.75, 3.05) is 26.2 Å². The molecule has 0 unspecified atom stereocenters. The van der Waals surface area contributed by atoms with Crippen LogP contribution in [0.1, 0.15) is 88.9 Å². The average molecular weight is 493 g/mol. The number of nitrogens with zero attached hydrogens (tertiary/aromatic N) is 4. The molecule has 36 heavy (non-hydrogen) atoms. The molecule has 2 aliphatic carbocycles. The molecule has 0 radical (unpaired) electrons. The van der Waals surface area contributed by atoms with E-state index in [0.717, 1.165) is 49.2 Å². The van der Waals surface area contributed by atoms with Gasteiger partial charge >= 0.3 is 5.97 Å². The number of aromatic nitrogens is 2. The van der Waals surface area contributed by atoms with Crippen molar-refractivity contribution in [1.29, 1.82) is 0 Å². The first-order valence-corrected chi connectivity index (χ1v) is 14.8. The molecule has 3 heterocycles. The van der Waals surface area contributed by atoms with Crippen molar-refractivity contribution < 1.29 is 9.90 Å². The summed E-state index contributed by atoms with van der Waals surface area (Å²) in [6, 6.07) is 10.2. The van der Waals surface area contributed by atoms with Crippen LogP contribution in [-0.4, -0.2) is 68.7 Å². The minimum atomic E-state index is -0.717. The number of carbonyl (C=O) groups is 1. The summed E-state index contributed by atoms with van der Waals surface area (Å²) in [4.78, 5) is 21.6. The summed E-state index contributed by atoms with van der Waals surface area (Å²) in [5.74, 6) is 2.40. The van der Waals surface area contributed by atoms with E-state index in [1.807, 2.05) is 0 Å². The first kappa shape index (κ1) is 24.4. The van der Waals surface area contributed by atoms with Crippen LogP contribution in [0, 0.1) is 11.8 Å². The van der Waals surface area contributed by atoms with Gasteiger partial charge in [0.25, 0.3) is 0 Å². The van der Waals surface area contributed by atoms with Crippen molar-refractivity contribution in [3.05, 3.63) is 30.1 Å². The van der Waals surface area contributed by atoms with Gasteiger partial charge in [0.2, 0.25) is 0 Å². The summed E-state index contributed by atoms with van der Waals surface area (Å²) in [6.45, 7) is 3.44. The number of piperidine rings is 2. The third-order valence-electron chi connectivity index (χ3n) is 9.91. The zero-order chi connectivity index (χ0) is 24.5. The predicted octanol–water partition coefficient (Wildman–Crippen LogP) is 5.51. The molecule has 6 heteroatoms. The molecule has 4 aliphatic rings. The molecule has 4 atom stereocenters. The van der Waals surface area contributed by atoms with Crippen molar-refractivity contribution >= 4 is 17.0 Å². The Morgan fingerprint density at radius 1 is 0.861 bits per heavy atom. The van der Waals surface area contributed by atoms with Crippen LogP contribution < -0.4 is 0 Å². The molecular weight excluding hydrogens is 448 g/mol. The average Bonchev–Trinajstić information content (AvgIpc) is 3.16. The predicted molar refractivity (Wildman–Crippen MR) is 143 cm³/mol. The van der Waals surface area contributed by atoms with Crippen LogP contribution in [0.3, 0.4) is 0 Å². The lowest BCUT2D eigenvalue weighted by atomic mass is 9.77. The first-order valence-electron chi connectivity index (χ1n) is 14.8. The molecule has 2 saturated heterocycles. The molecule has 0 spiro atoms. The van der Waals surface area contributed by atoms with E-state index in [-0.39, 0.29) is 12.6 Å². The number of carboxylic acids is 1. The smallest absolute Gasteiger partial charge is 0.317 e. The van der Waals surface area contributed by atoms with E-state index in [9.17, 15) is 9.90 Å². The Labute approximate surface area is 216 Å². The summed E-state index contributed by atoms with van der Waals surface area (Å²) in [5, 5.41) is 9.46. The fraction of sp³-hybridized carbons (Fsp3) is 0.733. The fourth-order valence-electron chi connectivity index (χ4n) is 8.20. The maximum absolute atomic E-state index is 11.5. The SMILES string of the molecule is O=C(O)CN1CCCC[C@H]1Cc1nc2ccccc2n1C1CCN([C@@H]2C[C@@H]3CCCC[C@@H](C3)C2)CC1. The van der Waals surface area contributed by atoms with Crippen molar-refractivity contribution in [2.24, 2.45) is 11.8 Å². The van der Waals surface area contributed by atoms with Crippen LogP contribution >= 0.6 is 0 Å². The van der Waals surface area contributed by atoms with E-state index in [0.29, 0.717) is 6.04 Å². The molecule has 2 aliphatic heterocycles. The summed E-state index contributed by atoms with van der Waals surface area (Å²) in [6.07, 6.45) is 16.8. The number of hydrogen-bond acceptors (Lipinski definition) is 4. The molecule has 2 saturated carbocycles. The lowest BCUT2D eigenvalue weighted by molar-refractivity contribution is -0.139. The van der Waals surface area contributed by atoms with Crippen molar-refractivity contribution in [2.45, 2.75) is 102 Å². The van der Waals surface area contributed by atoms with Gasteiger partial charge in [-0.1, -0.05) is 44.2 Å². The quantitative estimate of drug-likeness (QED) is 0.576. The van der Waals surface area contributed by atoms with Gasteiger partial charge in [-0.25, -0.2) is 4.98 Å². The molecule has 2 bridgehead atoms. The van der Waals surface area contributed by atoms with Gasteiger partial charge in [-0.05, 0) is 75.5 Å². The van der Waals surface area contributed by atoms with Gasteiger partial charge in [0.15, 0.2) is 0 Å². The number of likely N-dealkylation sites (tertiary alicyclic amines) is 2. The van der Waals surface area contributed by atoms with Crippen LogP contribution in [-0.2, 0) is 11.2 Å². The number of fused-ring (bicyclic) bond motifs is 3. The van der Waals surface area contributed by atoms with Crippen molar-refractivity contribution in [3.63, 3.8) is 0 Å². The summed E-state index contributed by atoms with van der Waals surface area (Å²) in [7, 11) is 0. The second-order valence-corrected chi connectivity index (χ2v) is 12.2. The van der Waals surface area contributed by atoms with Crippen LogP contribution in [0.2, 0.25) is 0 Å². The van der Waals surface area contributed by atoms with E-state index < -0.39 is 5.97 Å². The number of para-hydroxylation sites is 2. The highest BCUT2D eigenvalue weighted by molar-refractivity contribution is 5.76. The number of carboxylic acid groups (broad SMARTS) is 1. The first-order chi connectivity index (χ1) is 17.6. The largest absolute Gasteiger partial charge is 0.480 e. The summed E-state index contributed by atoms with van der Waals surface area (Å²) in [5.41, 5.74) is 2.35. The number of aliphatic carboxylic acids is 1. The standard InChI is InChI=1S/C30H44N4O2/c35-30(36)21-33-14-6-5-9-25(33)20-29-31-27-10-3-4-11-28(27)34(29)24-12-15-32(16-13-24)26-18-22-7-1-2-8-23(17-22)19-26/h3-4,10-11,22-26H,1-2,5-9,12-21H2,(H,35,36)/t22-,23+,25-,26-/m0/s1. The van der Waals surface area contributed by atoms with Crippen LogP contribution in [0.25, 0.3) is 11.0 Å². The van der Waals surface area contributed by atoms with Crippen molar-refractivity contribution in [1.82, 2.24) is 19.4 Å². The minimum Gasteiger partial charge on any atom is -0.480 e. The fourth-order valence-corrected chi connectivity index (χ4v) is 8.20. The molecule has 6 rings (SSSR count).